The first-order valence-corrected chi connectivity index (χ1v) is 12.2. The van der Waals surface area contributed by atoms with Crippen LogP contribution in [0, 0.1) is 6.92 Å². The quantitative estimate of drug-likeness (QED) is 0.599. The van der Waals surface area contributed by atoms with Gasteiger partial charge in [0.2, 0.25) is 0 Å². The van der Waals surface area contributed by atoms with Crippen molar-refractivity contribution in [1.29, 1.82) is 0 Å². The number of nitrogens with two attached hydrogens (primary N) is 1. The van der Waals surface area contributed by atoms with Crippen LogP contribution in [0.2, 0.25) is 0 Å². The summed E-state index contributed by atoms with van der Waals surface area (Å²) < 4.78 is 39.1. The zero-order valence-corrected chi connectivity index (χ0v) is 20.5. The number of amides is 2. The molecule has 2 aromatic rings. The van der Waals surface area contributed by atoms with Crippen LogP contribution in [0.25, 0.3) is 10.9 Å². The molecule has 34 heavy (non-hydrogen) atoms. The number of nitrogens with zero attached hydrogens (tertiary/aromatic N) is 4. The number of hydrogen-bond acceptors (Lipinski definition) is 9. The Bertz CT molecular complexity index is 1180. The molecule has 2 amide bonds. The third-order valence-corrected chi connectivity index (χ3v) is 6.46. The van der Waals surface area contributed by atoms with Crippen LogP contribution in [-0.2, 0) is 19.7 Å². The molecule has 0 spiro atoms. The molecule has 3 N–H and O–H groups in total. The van der Waals surface area contributed by atoms with E-state index in [1.807, 2.05) is 22.6 Å². The summed E-state index contributed by atoms with van der Waals surface area (Å²) in [4.78, 5) is 33.7. The van der Waals surface area contributed by atoms with E-state index in [9.17, 15) is 18.0 Å². The van der Waals surface area contributed by atoms with Crippen LogP contribution in [0.15, 0.2) is 18.5 Å². The molecule has 0 bridgehead atoms. The van der Waals surface area contributed by atoms with Crippen LogP contribution < -0.4 is 20.1 Å². The van der Waals surface area contributed by atoms with Gasteiger partial charge in [-0.2, -0.15) is 12.7 Å². The van der Waals surface area contributed by atoms with Crippen LogP contribution in [0.3, 0.4) is 0 Å². The fourth-order valence-electron chi connectivity index (χ4n) is 3.55. The first-order chi connectivity index (χ1) is 15.9. The van der Waals surface area contributed by atoms with E-state index in [0.29, 0.717) is 36.6 Å². The van der Waals surface area contributed by atoms with Gasteiger partial charge in [-0.25, -0.2) is 19.5 Å². The van der Waals surface area contributed by atoms with Crippen molar-refractivity contribution in [3.8, 4) is 5.75 Å². The third-order valence-electron chi connectivity index (χ3n) is 4.99. The lowest BCUT2D eigenvalue weighted by Gasteiger charge is -2.24. The third kappa shape index (κ3) is 6.44. The molecule has 0 saturated carbocycles. The van der Waals surface area contributed by atoms with Crippen molar-refractivity contribution in [2.75, 3.05) is 37.7 Å². The van der Waals surface area contributed by atoms with Crippen LogP contribution in [0.5, 0.6) is 5.75 Å². The predicted octanol–water partition coefficient (Wildman–Crippen LogP) is 1.08. The monoisotopic (exact) mass is 494 g/mol. The van der Waals surface area contributed by atoms with Crippen molar-refractivity contribution >= 4 is 38.9 Å². The molecule has 0 atom stereocenters. The highest BCUT2D eigenvalue weighted by Crippen LogP contribution is 2.30. The fraction of sp³-hybridized carbons (Fsp3) is 0.524. The molecule has 13 heteroatoms. The zero-order chi connectivity index (χ0) is 25.1. The summed E-state index contributed by atoms with van der Waals surface area (Å²) in [5, 5.41) is 0.773. The van der Waals surface area contributed by atoms with Crippen LogP contribution >= 0.6 is 0 Å². The van der Waals surface area contributed by atoms with Gasteiger partial charge >= 0.3 is 16.3 Å². The van der Waals surface area contributed by atoms with Crippen LogP contribution in [-0.4, -0.2) is 73.1 Å². The van der Waals surface area contributed by atoms with Crippen molar-refractivity contribution < 1.29 is 27.5 Å². The molecule has 0 aliphatic carbocycles. The number of hydrogen-bond donors (Lipinski definition) is 2. The molecule has 1 aliphatic heterocycles. The highest BCUT2D eigenvalue weighted by Gasteiger charge is 2.29. The Labute approximate surface area is 198 Å². The zero-order valence-electron chi connectivity index (χ0n) is 19.7. The van der Waals surface area contributed by atoms with Gasteiger partial charge in [-0.05, 0) is 45.7 Å². The first kappa shape index (κ1) is 25.4. The van der Waals surface area contributed by atoms with Gasteiger partial charge in [0.05, 0.1) is 5.52 Å². The van der Waals surface area contributed by atoms with Gasteiger partial charge in [-0.15, -0.1) is 0 Å². The maximum atomic E-state index is 12.7. The molecular weight excluding hydrogens is 464 g/mol. The van der Waals surface area contributed by atoms with Gasteiger partial charge in [-0.1, -0.05) is 0 Å². The minimum absolute atomic E-state index is 0.155. The molecule has 1 aliphatic rings. The van der Waals surface area contributed by atoms with E-state index < -0.39 is 27.8 Å². The van der Waals surface area contributed by atoms with Gasteiger partial charge in [0, 0.05) is 37.6 Å². The van der Waals surface area contributed by atoms with E-state index in [4.69, 9.17) is 15.2 Å². The number of anilines is 1. The Hall–Kier alpha value is -3.19. The van der Waals surface area contributed by atoms with Crippen LogP contribution in [0.4, 0.5) is 10.6 Å². The Morgan fingerprint density at radius 3 is 2.56 bits per heavy atom. The highest BCUT2D eigenvalue weighted by atomic mass is 32.2. The molecule has 1 saturated heterocycles. The van der Waals surface area contributed by atoms with E-state index in [-0.39, 0.29) is 19.7 Å². The Morgan fingerprint density at radius 2 is 1.88 bits per heavy atom. The van der Waals surface area contributed by atoms with E-state index in [1.165, 1.54) is 10.6 Å². The minimum Gasteiger partial charge on any atom is -0.483 e. The van der Waals surface area contributed by atoms with Crippen LogP contribution in [0.1, 0.15) is 32.8 Å². The molecule has 1 aromatic heterocycles. The first-order valence-electron chi connectivity index (χ1n) is 10.8. The lowest BCUT2D eigenvalue weighted by molar-refractivity contribution is -0.119. The topological polar surface area (TPSA) is 157 Å². The number of fused-ring (bicyclic) bond motifs is 1. The lowest BCUT2D eigenvalue weighted by atomic mass is 10.1. The number of carbonyl (C=O) groups excluding carboxylic acids is 2. The number of benzene rings is 1. The van der Waals surface area contributed by atoms with Crippen molar-refractivity contribution in [3.05, 3.63) is 24.0 Å². The van der Waals surface area contributed by atoms with Crippen molar-refractivity contribution in [2.45, 2.75) is 39.7 Å². The summed E-state index contributed by atoms with van der Waals surface area (Å²) in [5.41, 5.74) is 5.75. The molecule has 0 radical (unpaired) electrons. The summed E-state index contributed by atoms with van der Waals surface area (Å²) in [6, 6.07) is 3.59. The maximum absolute atomic E-state index is 12.7. The molecule has 1 aromatic carbocycles. The second-order valence-corrected chi connectivity index (χ2v) is 10.6. The largest absolute Gasteiger partial charge is 0.483 e. The standard InChI is InChI=1S/C21H30N6O6S/c1-14-10-15-16(11-17(14)32-12-18(22)28)23-13-24-19(15)26-6-5-7-27(9-8-26)34(30,31)25-20(29)33-21(2,3)4/h10-11,13H,5-9,12H2,1-4H3,(H2,22,28)(H,25,29). The fourth-order valence-corrected chi connectivity index (χ4v) is 4.62. The van der Waals surface area contributed by atoms with Crippen molar-refractivity contribution in [2.24, 2.45) is 5.73 Å². The summed E-state index contributed by atoms with van der Waals surface area (Å²) in [5.74, 6) is 0.583. The molecular formula is C21H30N6O6S. The number of ether oxygens (including phenoxy) is 2. The predicted molar refractivity (Wildman–Crippen MR) is 126 cm³/mol. The molecule has 1 fully saturated rings. The van der Waals surface area contributed by atoms with Gasteiger partial charge in [0.25, 0.3) is 5.91 Å². The van der Waals surface area contributed by atoms with Gasteiger partial charge in [0.1, 0.15) is 23.5 Å². The van der Waals surface area contributed by atoms with Crippen molar-refractivity contribution in [1.82, 2.24) is 19.0 Å². The van der Waals surface area contributed by atoms with E-state index >= 15 is 0 Å². The van der Waals surface area contributed by atoms with E-state index in [2.05, 4.69) is 9.97 Å². The van der Waals surface area contributed by atoms with E-state index in [1.54, 1.807) is 26.8 Å². The number of aromatic nitrogens is 2. The number of primary amides is 1. The summed E-state index contributed by atoms with van der Waals surface area (Å²) in [6.07, 6.45) is 0.939. The number of rotatable bonds is 6. The Balaban J connectivity index is 1.77. The normalized spacial score (nSPS) is 15.6. The summed E-state index contributed by atoms with van der Waals surface area (Å²) >= 11 is 0. The molecule has 2 heterocycles. The molecule has 186 valence electrons. The smallest absolute Gasteiger partial charge is 0.422 e. The average Bonchev–Trinajstić information content (AvgIpc) is 2.96. The van der Waals surface area contributed by atoms with Gasteiger partial charge in [-0.3, -0.25) is 4.79 Å². The highest BCUT2D eigenvalue weighted by molar-refractivity contribution is 7.87. The summed E-state index contributed by atoms with van der Waals surface area (Å²) in [6.45, 7) is 7.88. The number of aryl methyl sites for hydroxylation is 1. The minimum atomic E-state index is -4.06. The number of carbonyl (C=O) groups is 2. The second-order valence-electron chi connectivity index (χ2n) is 8.94. The Morgan fingerprint density at radius 1 is 1.15 bits per heavy atom. The average molecular weight is 495 g/mol. The molecule has 3 rings (SSSR count). The van der Waals surface area contributed by atoms with Gasteiger partial charge in [0.15, 0.2) is 6.61 Å². The van der Waals surface area contributed by atoms with E-state index in [0.717, 1.165) is 10.9 Å². The van der Waals surface area contributed by atoms with Crippen molar-refractivity contribution in [3.63, 3.8) is 0 Å². The SMILES string of the molecule is Cc1cc2c(N3CCCN(S(=O)(=O)NC(=O)OC(C)(C)C)CC3)ncnc2cc1OCC(N)=O. The van der Waals surface area contributed by atoms with Gasteiger partial charge < -0.3 is 20.1 Å². The maximum Gasteiger partial charge on any atom is 0.422 e. The molecule has 12 nitrogen and oxygen atoms in total. The summed E-state index contributed by atoms with van der Waals surface area (Å²) in [7, 11) is -4.06. The lowest BCUT2D eigenvalue weighted by Crippen LogP contribution is -2.46. The molecule has 0 unspecified atom stereocenters. The Kier molecular flexibility index (Phi) is 7.46. The number of nitrogens with one attached hydrogen (secondary N) is 1. The second kappa shape index (κ2) is 9.97.